The van der Waals surface area contributed by atoms with Crippen LogP contribution in [-0.4, -0.2) is 19.6 Å². The van der Waals surface area contributed by atoms with Crippen molar-refractivity contribution in [1.82, 2.24) is 19.6 Å². The van der Waals surface area contributed by atoms with E-state index < -0.39 is 0 Å². The van der Waals surface area contributed by atoms with Crippen molar-refractivity contribution in [1.29, 1.82) is 0 Å². The Labute approximate surface area is 169 Å². The van der Waals surface area contributed by atoms with Crippen molar-refractivity contribution < 1.29 is 0 Å². The van der Waals surface area contributed by atoms with Gasteiger partial charge in [-0.25, -0.2) is 14.5 Å². The van der Waals surface area contributed by atoms with Gasteiger partial charge in [-0.05, 0) is 24.6 Å². The number of H-pyrrole nitrogens is 1. The molecule has 5 aromatic rings. The molecule has 0 bridgehead atoms. The fourth-order valence-corrected chi connectivity index (χ4v) is 5.23. The third-order valence-electron chi connectivity index (χ3n) is 4.53. The Morgan fingerprint density at radius 3 is 2.68 bits per heavy atom. The van der Waals surface area contributed by atoms with Crippen molar-refractivity contribution >= 4 is 39.0 Å². The van der Waals surface area contributed by atoms with Gasteiger partial charge in [-0.15, -0.1) is 11.3 Å². The first-order chi connectivity index (χ1) is 13.7. The number of benzene rings is 2. The van der Waals surface area contributed by atoms with E-state index >= 15 is 0 Å². The van der Waals surface area contributed by atoms with Crippen LogP contribution in [0.15, 0.2) is 69.8 Å². The SMILES string of the molecule is Cc1[nH]n2c(=O)cc(CSc3nc4ccccc4s3)nc2c1-c1ccccc1. The summed E-state index contributed by atoms with van der Waals surface area (Å²) in [6.45, 7) is 1.96. The number of nitrogens with one attached hydrogen (secondary N) is 1. The molecule has 28 heavy (non-hydrogen) atoms. The second-order valence-corrected chi connectivity index (χ2v) is 8.71. The standard InChI is InChI=1S/C21H16N4OS2/c1-13-19(14-7-3-2-4-8-14)20-22-15(11-18(26)25(20)24-13)12-27-21-23-16-9-5-6-10-17(16)28-21/h2-11,24H,12H2,1H3. The molecule has 0 radical (unpaired) electrons. The second-order valence-electron chi connectivity index (χ2n) is 6.46. The Kier molecular flexibility index (Phi) is 4.26. The Hall–Kier alpha value is -2.90. The first kappa shape index (κ1) is 17.2. The Balaban J connectivity index is 1.52. The highest BCUT2D eigenvalue weighted by atomic mass is 32.2. The lowest BCUT2D eigenvalue weighted by atomic mass is 10.1. The smallest absolute Gasteiger partial charge is 0.272 e. The molecule has 0 saturated carbocycles. The van der Waals surface area contributed by atoms with Gasteiger partial charge in [-0.2, -0.15) is 0 Å². The van der Waals surface area contributed by atoms with Gasteiger partial charge in [0.15, 0.2) is 9.99 Å². The number of nitrogens with zero attached hydrogens (tertiary/aromatic N) is 3. The van der Waals surface area contributed by atoms with E-state index in [9.17, 15) is 4.79 Å². The molecule has 0 spiro atoms. The lowest BCUT2D eigenvalue weighted by Crippen LogP contribution is -2.15. The molecule has 0 fully saturated rings. The average molecular weight is 405 g/mol. The monoisotopic (exact) mass is 404 g/mol. The van der Waals surface area contributed by atoms with Crippen molar-refractivity contribution in [2.45, 2.75) is 17.0 Å². The summed E-state index contributed by atoms with van der Waals surface area (Å²) >= 11 is 3.27. The van der Waals surface area contributed by atoms with Crippen molar-refractivity contribution in [3.8, 4) is 11.1 Å². The predicted molar refractivity (Wildman–Crippen MR) is 115 cm³/mol. The van der Waals surface area contributed by atoms with Crippen LogP contribution >= 0.6 is 23.1 Å². The van der Waals surface area contributed by atoms with Gasteiger partial charge >= 0.3 is 0 Å². The van der Waals surface area contributed by atoms with Gasteiger partial charge in [0.2, 0.25) is 0 Å². The molecule has 0 saturated heterocycles. The van der Waals surface area contributed by atoms with Crippen molar-refractivity contribution in [3.63, 3.8) is 0 Å². The van der Waals surface area contributed by atoms with Crippen LogP contribution < -0.4 is 5.56 Å². The lowest BCUT2D eigenvalue weighted by molar-refractivity contribution is 0.872. The first-order valence-corrected chi connectivity index (χ1v) is 10.6. The van der Waals surface area contributed by atoms with Crippen LogP contribution in [0.4, 0.5) is 0 Å². The van der Waals surface area contributed by atoms with E-state index in [0.29, 0.717) is 11.4 Å². The summed E-state index contributed by atoms with van der Waals surface area (Å²) in [7, 11) is 0. The maximum absolute atomic E-state index is 12.6. The topological polar surface area (TPSA) is 63.0 Å². The minimum Gasteiger partial charge on any atom is -0.293 e. The van der Waals surface area contributed by atoms with Crippen molar-refractivity contribution in [2.24, 2.45) is 0 Å². The molecule has 0 aliphatic heterocycles. The number of para-hydroxylation sites is 1. The zero-order chi connectivity index (χ0) is 19.1. The molecule has 0 unspecified atom stereocenters. The summed E-state index contributed by atoms with van der Waals surface area (Å²) in [5.41, 5.74) is 5.25. The summed E-state index contributed by atoms with van der Waals surface area (Å²) < 4.78 is 3.67. The fourth-order valence-electron chi connectivity index (χ4n) is 3.27. The summed E-state index contributed by atoms with van der Waals surface area (Å²) in [6, 6.07) is 19.7. The third kappa shape index (κ3) is 3.02. The lowest BCUT2D eigenvalue weighted by Gasteiger charge is -2.02. The van der Waals surface area contributed by atoms with Gasteiger partial charge in [0.1, 0.15) is 0 Å². The normalized spacial score (nSPS) is 11.5. The maximum Gasteiger partial charge on any atom is 0.272 e. The number of thioether (sulfide) groups is 1. The van der Waals surface area contributed by atoms with E-state index in [0.717, 1.165) is 32.4 Å². The first-order valence-electron chi connectivity index (χ1n) is 8.84. The molecule has 0 atom stereocenters. The second kappa shape index (κ2) is 6.92. The van der Waals surface area contributed by atoms with Gasteiger partial charge in [0, 0.05) is 23.1 Å². The van der Waals surface area contributed by atoms with Crippen LogP contribution in [0.3, 0.4) is 0 Å². The summed E-state index contributed by atoms with van der Waals surface area (Å²) in [4.78, 5) is 22.1. The average Bonchev–Trinajstić information content (AvgIpc) is 3.27. The van der Waals surface area contributed by atoms with E-state index in [1.54, 1.807) is 29.2 Å². The van der Waals surface area contributed by atoms with E-state index in [1.165, 1.54) is 9.22 Å². The molecule has 1 N–H and O–H groups in total. The van der Waals surface area contributed by atoms with Crippen molar-refractivity contribution in [3.05, 3.63) is 82.4 Å². The van der Waals surface area contributed by atoms with Crippen LogP contribution in [0.5, 0.6) is 0 Å². The maximum atomic E-state index is 12.6. The largest absolute Gasteiger partial charge is 0.293 e. The molecule has 3 aromatic heterocycles. The number of fused-ring (bicyclic) bond motifs is 2. The number of rotatable bonds is 4. The summed E-state index contributed by atoms with van der Waals surface area (Å²) in [5.74, 6) is 0.601. The van der Waals surface area contributed by atoms with Gasteiger partial charge in [-0.3, -0.25) is 9.89 Å². The van der Waals surface area contributed by atoms with Gasteiger partial charge in [0.25, 0.3) is 5.56 Å². The van der Waals surface area contributed by atoms with Crippen LogP contribution in [0.25, 0.3) is 27.0 Å². The van der Waals surface area contributed by atoms with E-state index in [1.807, 2.05) is 55.5 Å². The molecule has 0 aliphatic carbocycles. The number of aromatic nitrogens is 4. The predicted octanol–water partition coefficient (Wildman–Crippen LogP) is 4.90. The number of aryl methyl sites for hydroxylation is 1. The van der Waals surface area contributed by atoms with Crippen LogP contribution in [0.2, 0.25) is 0 Å². The Bertz CT molecular complexity index is 1320. The summed E-state index contributed by atoms with van der Waals surface area (Å²) in [6.07, 6.45) is 0. The minimum atomic E-state index is -0.102. The molecule has 7 heteroatoms. The van der Waals surface area contributed by atoms with E-state index in [2.05, 4.69) is 16.1 Å². The number of thiazole rings is 1. The Morgan fingerprint density at radius 1 is 1.07 bits per heavy atom. The molecular formula is C21H16N4OS2. The van der Waals surface area contributed by atoms with Gasteiger partial charge < -0.3 is 0 Å². The van der Waals surface area contributed by atoms with E-state index in [-0.39, 0.29) is 5.56 Å². The third-order valence-corrected chi connectivity index (χ3v) is 6.74. The molecule has 0 amide bonds. The zero-order valence-electron chi connectivity index (χ0n) is 15.0. The molecule has 0 aliphatic rings. The Morgan fingerprint density at radius 2 is 1.86 bits per heavy atom. The van der Waals surface area contributed by atoms with E-state index in [4.69, 9.17) is 4.98 Å². The number of hydrogen-bond acceptors (Lipinski definition) is 5. The van der Waals surface area contributed by atoms with Crippen LogP contribution in [-0.2, 0) is 5.75 Å². The molecule has 3 heterocycles. The highest BCUT2D eigenvalue weighted by Gasteiger charge is 2.15. The van der Waals surface area contributed by atoms with Crippen LogP contribution in [0, 0.1) is 6.92 Å². The number of aromatic amines is 1. The molecular weight excluding hydrogens is 388 g/mol. The van der Waals surface area contributed by atoms with Gasteiger partial charge in [-0.1, -0.05) is 54.2 Å². The highest BCUT2D eigenvalue weighted by molar-refractivity contribution is 8.00. The minimum absolute atomic E-state index is 0.102. The molecule has 5 nitrogen and oxygen atoms in total. The quantitative estimate of drug-likeness (QED) is 0.433. The summed E-state index contributed by atoms with van der Waals surface area (Å²) in [5, 5.41) is 3.14. The zero-order valence-corrected chi connectivity index (χ0v) is 16.7. The van der Waals surface area contributed by atoms with Crippen molar-refractivity contribution in [2.75, 3.05) is 0 Å². The van der Waals surface area contributed by atoms with Crippen LogP contribution in [0.1, 0.15) is 11.4 Å². The van der Waals surface area contributed by atoms with Gasteiger partial charge in [0.05, 0.1) is 15.9 Å². The molecule has 138 valence electrons. The molecule has 2 aromatic carbocycles. The molecule has 5 rings (SSSR count). The number of hydrogen-bond donors (Lipinski definition) is 1. The highest BCUT2D eigenvalue weighted by Crippen LogP contribution is 2.31. The fraction of sp³-hybridized carbons (Fsp3) is 0.0952.